The fourth-order valence-corrected chi connectivity index (χ4v) is 3.76. The molecule has 1 amide bonds. The first-order chi connectivity index (χ1) is 17.3. The van der Waals surface area contributed by atoms with Gasteiger partial charge in [0.25, 0.3) is 5.56 Å². The van der Waals surface area contributed by atoms with E-state index in [4.69, 9.17) is 4.74 Å². The fourth-order valence-electron chi connectivity index (χ4n) is 3.76. The molecule has 188 valence electrons. The summed E-state index contributed by atoms with van der Waals surface area (Å²) in [5.41, 5.74) is 1.80. The first-order valence-electron chi connectivity index (χ1n) is 11.8. The number of benzene rings is 2. The topological polar surface area (TPSA) is 99.1 Å². The van der Waals surface area contributed by atoms with E-state index < -0.39 is 5.41 Å². The number of aromatic nitrogens is 2. The van der Waals surface area contributed by atoms with Crippen LogP contribution in [0.25, 0.3) is 11.3 Å². The smallest absolute Gasteiger partial charge is 0.410 e. The molecule has 1 N–H and O–H groups in total. The van der Waals surface area contributed by atoms with Crippen molar-refractivity contribution in [1.82, 2.24) is 15.1 Å². The molecule has 7 heteroatoms. The predicted molar refractivity (Wildman–Crippen MR) is 142 cm³/mol. The van der Waals surface area contributed by atoms with Crippen LogP contribution in [0.15, 0.2) is 90.7 Å². The highest BCUT2D eigenvalue weighted by molar-refractivity contribution is 5.69. The van der Waals surface area contributed by atoms with Gasteiger partial charge >= 0.3 is 6.09 Å². The minimum Gasteiger partial charge on any atom is -0.446 e. The lowest BCUT2D eigenvalue weighted by molar-refractivity contribution is 0.000797. The van der Waals surface area contributed by atoms with Crippen molar-refractivity contribution in [3.05, 3.63) is 102 Å². The van der Waals surface area contributed by atoms with Crippen molar-refractivity contribution >= 4 is 6.09 Å². The van der Waals surface area contributed by atoms with Crippen molar-refractivity contribution in [2.24, 2.45) is 5.41 Å². The van der Waals surface area contributed by atoms with E-state index in [1.54, 1.807) is 11.0 Å². The molecule has 2 aromatic carbocycles. The Morgan fingerprint density at radius 2 is 1.67 bits per heavy atom. The van der Waals surface area contributed by atoms with E-state index in [9.17, 15) is 14.9 Å². The maximum absolute atomic E-state index is 12.5. The number of rotatable bonds is 5. The average Bonchev–Trinajstić information content (AvgIpc) is 2.91. The highest BCUT2D eigenvalue weighted by Gasteiger charge is 2.34. The van der Waals surface area contributed by atoms with Gasteiger partial charge in [0.2, 0.25) is 0 Å². The Morgan fingerprint density at radius 1 is 1.08 bits per heavy atom. The summed E-state index contributed by atoms with van der Waals surface area (Å²) < 4.78 is 5.58. The molecule has 4 rings (SSSR count). The van der Waals surface area contributed by atoms with Gasteiger partial charge in [-0.3, -0.25) is 4.79 Å². The van der Waals surface area contributed by atoms with Gasteiger partial charge < -0.3 is 9.64 Å². The molecule has 0 aliphatic carbocycles. The Hall–Kier alpha value is -4.18. The minimum absolute atomic E-state index is 0.130. The normalized spacial score (nSPS) is 15.7. The summed E-state index contributed by atoms with van der Waals surface area (Å²) in [4.78, 5) is 25.3. The highest BCUT2D eigenvalue weighted by Crippen LogP contribution is 2.31. The number of H-pyrrole nitrogens is 1. The molecule has 2 unspecified atom stereocenters. The number of nitrogens with one attached hydrogen (secondary N) is 1. The molecule has 1 saturated heterocycles. The molecule has 2 heterocycles. The Kier molecular flexibility index (Phi) is 10.6. The summed E-state index contributed by atoms with van der Waals surface area (Å²) in [6.45, 7) is 12.3. The van der Waals surface area contributed by atoms with Crippen LogP contribution in [0.1, 0.15) is 45.2 Å². The van der Waals surface area contributed by atoms with Crippen LogP contribution in [0, 0.1) is 16.7 Å². The van der Waals surface area contributed by atoms with Crippen molar-refractivity contribution in [1.29, 1.82) is 5.26 Å². The number of amides is 1. The van der Waals surface area contributed by atoms with Crippen LogP contribution < -0.4 is 5.56 Å². The first kappa shape index (κ1) is 28.1. The number of hydrogen-bond donors (Lipinski definition) is 1. The monoisotopic (exact) mass is 486 g/mol. The highest BCUT2D eigenvalue weighted by atomic mass is 16.6. The maximum Gasteiger partial charge on any atom is 0.410 e. The molecule has 0 radical (unpaired) electrons. The number of hydrogen-bond acceptors (Lipinski definition) is 5. The van der Waals surface area contributed by atoms with E-state index in [0.717, 1.165) is 11.1 Å². The third kappa shape index (κ3) is 8.24. The van der Waals surface area contributed by atoms with Crippen molar-refractivity contribution in [2.45, 2.75) is 45.8 Å². The van der Waals surface area contributed by atoms with Gasteiger partial charge in [0.05, 0.1) is 23.2 Å². The lowest BCUT2D eigenvalue weighted by Crippen LogP contribution is -2.44. The van der Waals surface area contributed by atoms with Gasteiger partial charge in [-0.1, -0.05) is 60.7 Å². The number of nitrogens with zero attached hydrogens (tertiary/aromatic N) is 3. The number of ether oxygens (including phenoxy) is 1. The zero-order chi connectivity index (χ0) is 26.6. The van der Waals surface area contributed by atoms with Crippen LogP contribution in [0.5, 0.6) is 0 Å². The van der Waals surface area contributed by atoms with Crippen LogP contribution in [-0.4, -0.2) is 33.8 Å². The molecular formula is C29H34N4O3. The second-order valence-corrected chi connectivity index (χ2v) is 8.95. The van der Waals surface area contributed by atoms with Gasteiger partial charge in [-0.05, 0) is 32.4 Å². The van der Waals surface area contributed by atoms with Crippen molar-refractivity contribution in [3.8, 4) is 17.3 Å². The molecule has 1 aliphatic heterocycles. The van der Waals surface area contributed by atoms with Gasteiger partial charge in [-0.15, -0.1) is 13.2 Å². The van der Waals surface area contributed by atoms with E-state index in [1.165, 1.54) is 6.07 Å². The summed E-state index contributed by atoms with van der Waals surface area (Å²) in [5.74, 6) is 0. The SMILES string of the molecule is C=C.CC(c1ccc(-c2ccc(=O)[nH]n2)cc1)N1CCC(CC(C)(C)C#N)OC1=O.c1ccccc1. The second-order valence-electron chi connectivity index (χ2n) is 8.95. The number of carbonyl (C=O) groups is 1. The Balaban J connectivity index is 0.000000491. The van der Waals surface area contributed by atoms with Crippen LogP contribution >= 0.6 is 0 Å². The molecule has 0 spiro atoms. The summed E-state index contributed by atoms with van der Waals surface area (Å²) in [5, 5.41) is 15.6. The van der Waals surface area contributed by atoms with E-state index in [2.05, 4.69) is 29.4 Å². The lowest BCUT2D eigenvalue weighted by Gasteiger charge is -2.37. The molecule has 1 fully saturated rings. The first-order valence-corrected chi connectivity index (χ1v) is 11.8. The van der Waals surface area contributed by atoms with Gasteiger partial charge in [0, 0.05) is 31.0 Å². The van der Waals surface area contributed by atoms with E-state index in [0.29, 0.717) is 25.1 Å². The fraction of sp³-hybridized carbons (Fsp3) is 0.310. The molecule has 7 nitrogen and oxygen atoms in total. The van der Waals surface area contributed by atoms with Crippen molar-refractivity contribution in [2.75, 3.05) is 6.54 Å². The Bertz CT molecular complexity index is 1140. The van der Waals surface area contributed by atoms with Crippen LogP contribution in [0.2, 0.25) is 0 Å². The molecular weight excluding hydrogens is 452 g/mol. The number of cyclic esters (lactones) is 1. The summed E-state index contributed by atoms with van der Waals surface area (Å²) in [7, 11) is 0. The van der Waals surface area contributed by atoms with Gasteiger partial charge in [-0.2, -0.15) is 10.4 Å². The van der Waals surface area contributed by atoms with E-state index >= 15 is 0 Å². The summed E-state index contributed by atoms with van der Waals surface area (Å²) in [6, 6.07) is 25.0. The van der Waals surface area contributed by atoms with Crippen LogP contribution in [0.3, 0.4) is 0 Å². The largest absolute Gasteiger partial charge is 0.446 e. The molecule has 1 aliphatic rings. The van der Waals surface area contributed by atoms with Crippen molar-refractivity contribution in [3.63, 3.8) is 0 Å². The van der Waals surface area contributed by atoms with E-state index in [-0.39, 0.29) is 23.8 Å². The number of carbonyl (C=O) groups excluding carboxylic acids is 1. The zero-order valence-electron chi connectivity index (χ0n) is 21.2. The summed E-state index contributed by atoms with van der Waals surface area (Å²) in [6.07, 6.45) is 0.682. The van der Waals surface area contributed by atoms with Gasteiger partial charge in [0.1, 0.15) is 6.10 Å². The lowest BCUT2D eigenvalue weighted by atomic mass is 9.87. The van der Waals surface area contributed by atoms with Gasteiger partial charge in [-0.25, -0.2) is 9.89 Å². The van der Waals surface area contributed by atoms with Crippen molar-refractivity contribution < 1.29 is 9.53 Å². The molecule has 0 bridgehead atoms. The second kappa shape index (κ2) is 13.6. The van der Waals surface area contributed by atoms with Crippen LogP contribution in [0.4, 0.5) is 4.79 Å². The van der Waals surface area contributed by atoms with E-state index in [1.807, 2.05) is 81.4 Å². The molecule has 2 atom stereocenters. The number of aromatic amines is 1. The third-order valence-corrected chi connectivity index (χ3v) is 5.74. The Morgan fingerprint density at radius 3 is 2.14 bits per heavy atom. The predicted octanol–water partition coefficient (Wildman–Crippen LogP) is 6.14. The molecule has 3 aromatic rings. The van der Waals surface area contributed by atoms with Crippen LogP contribution in [-0.2, 0) is 4.74 Å². The Labute approximate surface area is 213 Å². The van der Waals surface area contributed by atoms with Gasteiger partial charge in [0.15, 0.2) is 0 Å². The summed E-state index contributed by atoms with van der Waals surface area (Å²) >= 11 is 0. The average molecular weight is 487 g/mol. The maximum atomic E-state index is 12.5. The standard InChI is InChI=1S/C21H24N4O3.C6H6.C2H4/c1-14(25-11-10-17(28-20(25)27)12-21(2,3)13-22)15-4-6-16(7-5-15)18-8-9-19(26)24-23-18;1-2-4-6-5-3-1;1-2/h4-9,14,17H,10-12H2,1-3H3,(H,24,26);1-6H;1-2H2. The minimum atomic E-state index is -0.510. The third-order valence-electron chi connectivity index (χ3n) is 5.74. The zero-order valence-corrected chi connectivity index (χ0v) is 21.2. The molecule has 1 aromatic heterocycles. The number of nitriles is 1. The molecule has 0 saturated carbocycles. The quantitative estimate of drug-likeness (QED) is 0.437. The molecule has 36 heavy (non-hydrogen) atoms.